The van der Waals surface area contributed by atoms with Crippen molar-refractivity contribution >= 4 is 5.69 Å². The number of ether oxygens (including phenoxy) is 2. The zero-order chi connectivity index (χ0) is 20.5. The highest BCUT2D eigenvalue weighted by atomic mass is 19.4. The number of nitrogens with zero attached hydrogens (tertiary/aromatic N) is 4. The van der Waals surface area contributed by atoms with Gasteiger partial charge in [0.25, 0.3) is 0 Å². The van der Waals surface area contributed by atoms with Gasteiger partial charge in [0.1, 0.15) is 12.1 Å². The third-order valence-electron chi connectivity index (χ3n) is 3.91. The summed E-state index contributed by atoms with van der Waals surface area (Å²) in [5.74, 6) is 0.243. The Labute approximate surface area is 156 Å². The minimum Gasteiger partial charge on any atom is -0.493 e. The van der Waals surface area contributed by atoms with Crippen molar-refractivity contribution in [1.29, 1.82) is 0 Å². The van der Waals surface area contributed by atoms with Crippen molar-refractivity contribution in [2.24, 2.45) is 0 Å². The molecular formula is C17H13F3N4O4. The predicted octanol–water partition coefficient (Wildman–Crippen LogP) is 3.88. The summed E-state index contributed by atoms with van der Waals surface area (Å²) in [6.07, 6.45) is -1.05. The lowest BCUT2D eigenvalue weighted by Crippen LogP contribution is -2.07. The molecule has 1 aromatic carbocycles. The summed E-state index contributed by atoms with van der Waals surface area (Å²) in [5, 5.41) is 11.4. The number of benzene rings is 1. The Bertz CT molecular complexity index is 1020. The van der Waals surface area contributed by atoms with Gasteiger partial charge in [-0.05, 0) is 18.2 Å². The molecule has 0 saturated heterocycles. The van der Waals surface area contributed by atoms with Gasteiger partial charge >= 0.3 is 11.9 Å². The van der Waals surface area contributed by atoms with E-state index in [-0.39, 0.29) is 23.0 Å². The summed E-state index contributed by atoms with van der Waals surface area (Å²) in [5.41, 5.74) is -0.496. The Kier molecular flexibility index (Phi) is 4.91. The van der Waals surface area contributed by atoms with Crippen LogP contribution in [0.15, 0.2) is 43.0 Å². The molecule has 11 heteroatoms. The van der Waals surface area contributed by atoms with E-state index in [1.165, 1.54) is 49.5 Å². The minimum absolute atomic E-state index is 0.0463. The first kappa shape index (κ1) is 19.1. The number of hydrogen-bond donors (Lipinski definition) is 0. The highest BCUT2D eigenvalue weighted by Crippen LogP contribution is 2.41. The van der Waals surface area contributed by atoms with Gasteiger partial charge in [0.05, 0.1) is 36.6 Å². The summed E-state index contributed by atoms with van der Waals surface area (Å²) in [6, 6.07) is 4.84. The molecule has 28 heavy (non-hydrogen) atoms. The second-order valence-electron chi connectivity index (χ2n) is 5.54. The third-order valence-corrected chi connectivity index (χ3v) is 3.91. The van der Waals surface area contributed by atoms with Crippen LogP contribution in [0.2, 0.25) is 0 Å². The van der Waals surface area contributed by atoms with Gasteiger partial charge in [-0.15, -0.1) is 0 Å². The van der Waals surface area contributed by atoms with Crippen LogP contribution in [0.1, 0.15) is 5.56 Å². The van der Waals surface area contributed by atoms with Crippen LogP contribution < -0.4 is 9.47 Å². The van der Waals surface area contributed by atoms with Gasteiger partial charge in [0.2, 0.25) is 5.75 Å². The van der Waals surface area contributed by atoms with E-state index in [9.17, 15) is 23.3 Å². The quantitative estimate of drug-likeness (QED) is 0.482. The smallest absolute Gasteiger partial charge is 0.417 e. The van der Waals surface area contributed by atoms with Crippen LogP contribution in [0, 0.1) is 10.1 Å². The number of pyridine rings is 1. The molecule has 146 valence electrons. The molecule has 0 radical (unpaired) electrons. The van der Waals surface area contributed by atoms with Gasteiger partial charge < -0.3 is 9.47 Å². The first-order valence-corrected chi connectivity index (χ1v) is 7.73. The topological polar surface area (TPSA) is 92.3 Å². The van der Waals surface area contributed by atoms with E-state index in [2.05, 4.69) is 9.97 Å². The molecule has 0 bridgehead atoms. The van der Waals surface area contributed by atoms with Crippen molar-refractivity contribution in [2.75, 3.05) is 14.2 Å². The van der Waals surface area contributed by atoms with Crippen LogP contribution in [0.5, 0.6) is 11.5 Å². The molecule has 0 N–H and O–H groups in total. The zero-order valence-electron chi connectivity index (χ0n) is 14.6. The van der Waals surface area contributed by atoms with Crippen molar-refractivity contribution in [3.63, 3.8) is 0 Å². The summed E-state index contributed by atoms with van der Waals surface area (Å²) in [4.78, 5) is 18.6. The molecule has 2 heterocycles. The number of rotatable bonds is 5. The normalized spacial score (nSPS) is 11.3. The number of aromatic nitrogens is 3. The maximum Gasteiger partial charge on any atom is 0.417 e. The average molecular weight is 394 g/mol. The molecule has 0 unspecified atom stereocenters. The Hall–Kier alpha value is -3.63. The Morgan fingerprint density at radius 1 is 1.14 bits per heavy atom. The standard InChI is InChI=1S/C17H13F3N4O4/c1-27-14-6-10(5-12(24(25)26)16(14)28-2)13-8-21-9-23(13)15-4-3-11(7-22-15)17(18,19)20/h3-9H,1-2H3. The predicted molar refractivity (Wildman–Crippen MR) is 91.6 cm³/mol. The summed E-state index contributed by atoms with van der Waals surface area (Å²) >= 11 is 0. The minimum atomic E-state index is -4.51. The maximum absolute atomic E-state index is 12.7. The Morgan fingerprint density at radius 3 is 2.43 bits per heavy atom. The Morgan fingerprint density at radius 2 is 1.89 bits per heavy atom. The molecule has 0 fully saturated rings. The molecule has 3 aromatic rings. The molecule has 0 aliphatic rings. The van der Waals surface area contributed by atoms with E-state index in [0.29, 0.717) is 17.5 Å². The number of imidazole rings is 1. The van der Waals surface area contributed by atoms with E-state index < -0.39 is 16.7 Å². The fraction of sp³-hybridized carbons (Fsp3) is 0.176. The second-order valence-corrected chi connectivity index (χ2v) is 5.54. The SMILES string of the molecule is COc1cc(-c2cncn2-c2ccc(C(F)(F)F)cn2)cc([N+](=O)[O-])c1OC. The summed E-state index contributed by atoms with van der Waals surface area (Å²) in [7, 11) is 2.61. The van der Waals surface area contributed by atoms with Gasteiger partial charge in [0, 0.05) is 17.8 Å². The molecule has 3 rings (SSSR count). The van der Waals surface area contributed by atoms with Crippen molar-refractivity contribution in [1.82, 2.24) is 14.5 Å². The molecule has 0 amide bonds. The van der Waals surface area contributed by atoms with Gasteiger partial charge in [-0.3, -0.25) is 14.7 Å². The van der Waals surface area contributed by atoms with Crippen molar-refractivity contribution in [2.45, 2.75) is 6.18 Å². The summed E-state index contributed by atoms with van der Waals surface area (Å²) < 4.78 is 49.8. The zero-order valence-corrected chi connectivity index (χ0v) is 14.6. The van der Waals surface area contributed by atoms with Crippen LogP contribution >= 0.6 is 0 Å². The highest BCUT2D eigenvalue weighted by molar-refractivity contribution is 5.71. The van der Waals surface area contributed by atoms with Gasteiger partial charge in [-0.2, -0.15) is 13.2 Å². The molecule has 0 aliphatic carbocycles. The van der Waals surface area contributed by atoms with Crippen molar-refractivity contribution in [3.05, 3.63) is 58.7 Å². The number of nitro benzene ring substituents is 1. The second kappa shape index (κ2) is 7.18. The third kappa shape index (κ3) is 3.46. The summed E-state index contributed by atoms with van der Waals surface area (Å²) in [6.45, 7) is 0. The lowest BCUT2D eigenvalue weighted by atomic mass is 10.1. The first-order chi connectivity index (χ1) is 13.3. The number of hydrogen-bond acceptors (Lipinski definition) is 6. The molecule has 0 atom stereocenters. The molecular weight excluding hydrogens is 381 g/mol. The van der Waals surface area contributed by atoms with E-state index in [0.717, 1.165) is 6.07 Å². The largest absolute Gasteiger partial charge is 0.493 e. The number of nitro groups is 1. The molecule has 2 aromatic heterocycles. The van der Waals surface area contributed by atoms with Crippen LogP contribution in [0.25, 0.3) is 17.1 Å². The van der Waals surface area contributed by atoms with Crippen LogP contribution in [0.3, 0.4) is 0 Å². The van der Waals surface area contributed by atoms with Crippen LogP contribution in [-0.2, 0) is 6.18 Å². The first-order valence-electron chi connectivity index (χ1n) is 7.73. The number of halogens is 3. The lowest BCUT2D eigenvalue weighted by Gasteiger charge is -2.12. The average Bonchev–Trinajstić information content (AvgIpc) is 3.16. The molecule has 0 saturated carbocycles. The van der Waals surface area contributed by atoms with Crippen LogP contribution in [-0.4, -0.2) is 33.7 Å². The monoisotopic (exact) mass is 394 g/mol. The van der Waals surface area contributed by atoms with Crippen LogP contribution in [0.4, 0.5) is 18.9 Å². The fourth-order valence-corrected chi connectivity index (χ4v) is 2.62. The fourth-order valence-electron chi connectivity index (χ4n) is 2.62. The van der Waals surface area contributed by atoms with Crippen molar-refractivity contribution < 1.29 is 27.6 Å². The van der Waals surface area contributed by atoms with Gasteiger partial charge in [-0.1, -0.05) is 0 Å². The van der Waals surface area contributed by atoms with E-state index in [1.807, 2.05) is 0 Å². The van der Waals surface area contributed by atoms with Crippen molar-refractivity contribution in [3.8, 4) is 28.6 Å². The van der Waals surface area contributed by atoms with E-state index >= 15 is 0 Å². The van der Waals surface area contributed by atoms with E-state index in [4.69, 9.17) is 9.47 Å². The van der Waals surface area contributed by atoms with E-state index in [1.54, 1.807) is 0 Å². The molecule has 0 spiro atoms. The maximum atomic E-state index is 12.7. The number of methoxy groups -OCH3 is 2. The molecule has 8 nitrogen and oxygen atoms in total. The lowest BCUT2D eigenvalue weighted by molar-refractivity contribution is -0.385. The molecule has 0 aliphatic heterocycles. The highest BCUT2D eigenvalue weighted by Gasteiger charge is 2.31. The van der Waals surface area contributed by atoms with Gasteiger partial charge in [-0.25, -0.2) is 9.97 Å². The van der Waals surface area contributed by atoms with Gasteiger partial charge in [0.15, 0.2) is 5.75 Å². The Balaban J connectivity index is 2.12. The number of alkyl halides is 3.